The van der Waals surface area contributed by atoms with Crippen molar-refractivity contribution in [2.45, 2.75) is 26.4 Å². The zero-order valence-electron chi connectivity index (χ0n) is 12.7. The molecule has 1 aromatic carbocycles. The van der Waals surface area contributed by atoms with Gasteiger partial charge in [-0.3, -0.25) is 4.90 Å². The second-order valence-electron chi connectivity index (χ2n) is 5.48. The van der Waals surface area contributed by atoms with Crippen LogP contribution in [-0.4, -0.2) is 40.2 Å². The summed E-state index contributed by atoms with van der Waals surface area (Å²) in [4.78, 5) is 20.2. The molecule has 1 saturated heterocycles. The highest BCUT2D eigenvalue weighted by Crippen LogP contribution is 2.24. The van der Waals surface area contributed by atoms with E-state index in [4.69, 9.17) is 10.3 Å². The van der Waals surface area contributed by atoms with Gasteiger partial charge >= 0.3 is 6.03 Å². The van der Waals surface area contributed by atoms with E-state index < -0.39 is 0 Å². The minimum absolute atomic E-state index is 0.0488. The molecule has 0 saturated carbocycles. The van der Waals surface area contributed by atoms with Crippen molar-refractivity contribution in [3.8, 4) is 11.4 Å². The number of carbonyl (C=O) groups is 1. The summed E-state index contributed by atoms with van der Waals surface area (Å²) in [5, 5.41) is 3.88. The average Bonchev–Trinajstić information content (AvgIpc) is 3.14. The molecule has 2 amide bonds. The quantitative estimate of drug-likeness (QED) is 0.931. The summed E-state index contributed by atoms with van der Waals surface area (Å²) in [6.45, 7) is 5.72. The molecular weight excluding hydrogens is 282 g/mol. The van der Waals surface area contributed by atoms with Crippen molar-refractivity contribution in [3.63, 3.8) is 0 Å². The van der Waals surface area contributed by atoms with E-state index >= 15 is 0 Å². The largest absolute Gasteiger partial charge is 0.338 e. The molecule has 3 rings (SSSR count). The van der Waals surface area contributed by atoms with Crippen molar-refractivity contribution in [1.82, 2.24) is 15.0 Å². The standard InChI is InChI=1S/C15H19N5O2/c1-10(2)19-7-8-20(15(19)21)12-5-3-11(4-6-12)14-17-13(9-16)22-18-14/h3-6,10H,7-9,16H2,1-2H3. The van der Waals surface area contributed by atoms with Crippen molar-refractivity contribution < 1.29 is 9.32 Å². The topological polar surface area (TPSA) is 88.5 Å². The molecule has 1 aliphatic rings. The Balaban J connectivity index is 1.79. The molecule has 7 nitrogen and oxygen atoms in total. The first-order chi connectivity index (χ1) is 10.6. The van der Waals surface area contributed by atoms with E-state index in [-0.39, 0.29) is 18.6 Å². The fraction of sp³-hybridized carbons (Fsp3) is 0.400. The van der Waals surface area contributed by atoms with E-state index in [0.717, 1.165) is 17.8 Å². The van der Waals surface area contributed by atoms with E-state index in [0.29, 0.717) is 18.3 Å². The molecule has 2 aromatic rings. The highest BCUT2D eigenvalue weighted by atomic mass is 16.5. The summed E-state index contributed by atoms with van der Waals surface area (Å²) >= 11 is 0. The minimum Gasteiger partial charge on any atom is -0.338 e. The molecule has 0 unspecified atom stereocenters. The molecule has 116 valence electrons. The van der Waals surface area contributed by atoms with Crippen molar-refractivity contribution >= 4 is 11.7 Å². The molecule has 0 spiro atoms. The van der Waals surface area contributed by atoms with Gasteiger partial charge in [0.15, 0.2) is 0 Å². The summed E-state index contributed by atoms with van der Waals surface area (Å²) < 4.78 is 5.00. The van der Waals surface area contributed by atoms with Gasteiger partial charge in [-0.2, -0.15) is 4.98 Å². The fourth-order valence-corrected chi connectivity index (χ4v) is 2.52. The lowest BCUT2D eigenvalue weighted by Gasteiger charge is -2.21. The maximum absolute atomic E-state index is 12.3. The Hall–Kier alpha value is -2.41. The van der Waals surface area contributed by atoms with Crippen LogP contribution in [0.3, 0.4) is 0 Å². The van der Waals surface area contributed by atoms with Crippen molar-refractivity contribution in [2.24, 2.45) is 5.73 Å². The van der Waals surface area contributed by atoms with Crippen molar-refractivity contribution in [1.29, 1.82) is 0 Å². The number of hydrogen-bond donors (Lipinski definition) is 1. The van der Waals surface area contributed by atoms with Crippen LogP contribution >= 0.6 is 0 Å². The number of nitrogens with zero attached hydrogens (tertiary/aromatic N) is 4. The summed E-state index contributed by atoms with van der Waals surface area (Å²) in [5.74, 6) is 0.907. The predicted octanol–water partition coefficient (Wildman–Crippen LogP) is 1.85. The molecule has 0 bridgehead atoms. The Kier molecular flexibility index (Phi) is 3.81. The maximum atomic E-state index is 12.3. The van der Waals surface area contributed by atoms with Gasteiger partial charge in [-0.25, -0.2) is 4.79 Å². The van der Waals surface area contributed by atoms with Crippen LogP contribution in [0, 0.1) is 0 Å². The lowest BCUT2D eigenvalue weighted by Crippen LogP contribution is -2.36. The number of aromatic nitrogens is 2. The molecule has 1 fully saturated rings. The summed E-state index contributed by atoms with van der Waals surface area (Å²) in [6, 6.07) is 7.82. The van der Waals surface area contributed by atoms with Gasteiger partial charge < -0.3 is 15.2 Å². The van der Waals surface area contributed by atoms with Crippen molar-refractivity contribution in [3.05, 3.63) is 30.2 Å². The van der Waals surface area contributed by atoms with Gasteiger partial charge in [-0.05, 0) is 38.1 Å². The average molecular weight is 301 g/mol. The molecule has 0 atom stereocenters. The normalized spacial score (nSPS) is 15.2. The van der Waals surface area contributed by atoms with Gasteiger partial charge in [0.05, 0.1) is 6.54 Å². The van der Waals surface area contributed by atoms with Gasteiger partial charge in [0.25, 0.3) is 0 Å². The van der Waals surface area contributed by atoms with E-state index in [1.165, 1.54) is 0 Å². The first-order valence-electron chi connectivity index (χ1n) is 7.31. The van der Waals surface area contributed by atoms with Crippen LogP contribution in [0.25, 0.3) is 11.4 Å². The summed E-state index contributed by atoms with van der Waals surface area (Å²) in [5.41, 5.74) is 7.16. The van der Waals surface area contributed by atoms with Crippen LogP contribution in [0.4, 0.5) is 10.5 Å². The monoisotopic (exact) mass is 301 g/mol. The van der Waals surface area contributed by atoms with E-state index in [1.54, 1.807) is 4.90 Å². The lowest BCUT2D eigenvalue weighted by molar-refractivity contribution is 0.209. The molecule has 2 heterocycles. The summed E-state index contributed by atoms with van der Waals surface area (Å²) in [6.07, 6.45) is 0. The Bertz CT molecular complexity index is 665. The number of urea groups is 1. The Labute approximate surface area is 128 Å². The van der Waals surface area contributed by atoms with Gasteiger partial charge in [-0.1, -0.05) is 5.16 Å². The second-order valence-corrected chi connectivity index (χ2v) is 5.48. The number of hydrogen-bond acceptors (Lipinski definition) is 5. The minimum atomic E-state index is 0.0488. The zero-order valence-corrected chi connectivity index (χ0v) is 12.7. The van der Waals surface area contributed by atoms with Crippen LogP contribution in [0.2, 0.25) is 0 Å². The molecular formula is C15H19N5O2. The highest BCUT2D eigenvalue weighted by molar-refractivity contribution is 5.94. The highest BCUT2D eigenvalue weighted by Gasteiger charge is 2.30. The van der Waals surface area contributed by atoms with Gasteiger partial charge in [-0.15, -0.1) is 0 Å². The Morgan fingerprint density at radius 3 is 2.55 bits per heavy atom. The lowest BCUT2D eigenvalue weighted by atomic mass is 10.2. The predicted molar refractivity (Wildman–Crippen MR) is 82.2 cm³/mol. The molecule has 1 aliphatic heterocycles. The molecule has 1 aromatic heterocycles. The van der Waals surface area contributed by atoms with Gasteiger partial charge in [0.2, 0.25) is 11.7 Å². The number of benzene rings is 1. The third kappa shape index (κ3) is 2.55. The van der Waals surface area contributed by atoms with Crippen LogP contribution in [0.5, 0.6) is 0 Å². The molecule has 2 N–H and O–H groups in total. The van der Waals surface area contributed by atoms with Crippen LogP contribution in [-0.2, 0) is 6.54 Å². The number of rotatable bonds is 4. The van der Waals surface area contributed by atoms with Gasteiger partial charge in [0, 0.05) is 30.4 Å². The van der Waals surface area contributed by atoms with Gasteiger partial charge in [0.1, 0.15) is 0 Å². The van der Waals surface area contributed by atoms with Crippen LogP contribution in [0.1, 0.15) is 19.7 Å². The zero-order chi connectivity index (χ0) is 15.7. The van der Waals surface area contributed by atoms with Crippen molar-refractivity contribution in [2.75, 3.05) is 18.0 Å². The maximum Gasteiger partial charge on any atom is 0.324 e. The molecule has 0 radical (unpaired) electrons. The van der Waals surface area contributed by atoms with Crippen LogP contribution in [0.15, 0.2) is 28.8 Å². The number of nitrogens with two attached hydrogens (primary N) is 1. The third-order valence-corrected chi connectivity index (χ3v) is 3.74. The summed E-state index contributed by atoms with van der Waals surface area (Å²) in [7, 11) is 0. The fourth-order valence-electron chi connectivity index (χ4n) is 2.52. The Morgan fingerprint density at radius 1 is 1.27 bits per heavy atom. The first-order valence-corrected chi connectivity index (χ1v) is 7.31. The number of amides is 2. The first kappa shape index (κ1) is 14.5. The number of carbonyl (C=O) groups excluding carboxylic acids is 1. The smallest absolute Gasteiger partial charge is 0.324 e. The molecule has 0 aliphatic carbocycles. The Morgan fingerprint density at radius 2 is 2.00 bits per heavy atom. The third-order valence-electron chi connectivity index (χ3n) is 3.74. The van der Waals surface area contributed by atoms with E-state index in [1.807, 2.05) is 43.0 Å². The SMILES string of the molecule is CC(C)N1CCN(c2ccc(-c3noc(CN)n3)cc2)C1=O. The van der Waals surface area contributed by atoms with E-state index in [9.17, 15) is 4.79 Å². The molecule has 22 heavy (non-hydrogen) atoms. The molecule has 7 heteroatoms. The van der Waals surface area contributed by atoms with E-state index in [2.05, 4.69) is 10.1 Å². The number of anilines is 1. The van der Waals surface area contributed by atoms with Crippen LogP contribution < -0.4 is 10.6 Å². The second kappa shape index (κ2) is 5.76.